The number of aromatic nitrogens is 3. The van der Waals surface area contributed by atoms with Gasteiger partial charge in [-0.1, -0.05) is 0 Å². The Morgan fingerprint density at radius 3 is 2.67 bits per heavy atom. The van der Waals surface area contributed by atoms with E-state index in [0.717, 1.165) is 10.8 Å². The van der Waals surface area contributed by atoms with Crippen molar-refractivity contribution in [2.24, 2.45) is 0 Å². The molecule has 0 spiro atoms. The number of nitrogens with zero attached hydrogens (tertiary/aromatic N) is 3. The Morgan fingerprint density at radius 2 is 2.07 bits per heavy atom. The van der Waals surface area contributed by atoms with E-state index in [0.29, 0.717) is 11.8 Å². The zero-order valence-corrected chi connectivity index (χ0v) is 9.94. The van der Waals surface area contributed by atoms with Gasteiger partial charge in [0.1, 0.15) is 0 Å². The fourth-order valence-electron chi connectivity index (χ4n) is 0.885. The number of halogens is 2. The van der Waals surface area contributed by atoms with E-state index in [1.165, 1.54) is 11.3 Å². The summed E-state index contributed by atoms with van der Waals surface area (Å²) in [5.74, 6) is 0.969. The van der Waals surface area contributed by atoms with Crippen LogP contribution in [0.5, 0.6) is 0 Å². The number of alkyl halides is 1. The molecule has 7 heteroatoms. The van der Waals surface area contributed by atoms with Gasteiger partial charge in [-0.15, -0.1) is 35.3 Å². The molecule has 0 atom stereocenters. The van der Waals surface area contributed by atoms with Crippen LogP contribution in [-0.2, 0) is 5.88 Å². The van der Waals surface area contributed by atoms with Gasteiger partial charge in [0.05, 0.1) is 11.6 Å². The highest BCUT2D eigenvalue weighted by Gasteiger charge is 2.01. The molecule has 15 heavy (non-hydrogen) atoms. The van der Waals surface area contributed by atoms with Gasteiger partial charge in [-0.05, 0) is 6.07 Å². The average molecular weight is 263 g/mol. The molecule has 80 valence electrons. The van der Waals surface area contributed by atoms with E-state index in [4.69, 9.17) is 11.6 Å². The van der Waals surface area contributed by atoms with Gasteiger partial charge >= 0.3 is 0 Å². The van der Waals surface area contributed by atoms with E-state index in [1.54, 1.807) is 18.5 Å². The largest absolute Gasteiger partial charge is 0.300 e. The van der Waals surface area contributed by atoms with Crippen LogP contribution in [0.1, 0.15) is 5.69 Å². The Morgan fingerprint density at radius 1 is 1.33 bits per heavy atom. The van der Waals surface area contributed by atoms with E-state index in [1.807, 2.05) is 5.38 Å². The summed E-state index contributed by atoms with van der Waals surface area (Å²) in [5.41, 5.74) is 0.857. The smallest absolute Gasteiger partial charge is 0.228 e. The predicted octanol–water partition coefficient (Wildman–Crippen LogP) is 2.84. The first-order valence-electron chi connectivity index (χ1n) is 3.93. The summed E-state index contributed by atoms with van der Waals surface area (Å²) in [4.78, 5) is 12.3. The lowest BCUT2D eigenvalue weighted by atomic mass is 10.6. The maximum atomic E-state index is 5.63. The van der Waals surface area contributed by atoms with E-state index in [2.05, 4.69) is 20.3 Å². The molecule has 2 aromatic heterocycles. The molecule has 4 nitrogen and oxygen atoms in total. The van der Waals surface area contributed by atoms with Gasteiger partial charge in [0.15, 0.2) is 5.13 Å². The van der Waals surface area contributed by atoms with Crippen LogP contribution in [0.4, 0.5) is 11.1 Å². The van der Waals surface area contributed by atoms with Crippen LogP contribution in [0.25, 0.3) is 0 Å². The maximum Gasteiger partial charge on any atom is 0.228 e. The van der Waals surface area contributed by atoms with Gasteiger partial charge in [-0.2, -0.15) is 0 Å². The topological polar surface area (TPSA) is 50.7 Å². The molecule has 0 aromatic carbocycles. The lowest BCUT2D eigenvalue weighted by molar-refractivity contribution is 1.15. The maximum absolute atomic E-state index is 5.63. The summed E-state index contributed by atoms with van der Waals surface area (Å²) in [7, 11) is 0. The molecule has 0 bridgehead atoms. The summed E-state index contributed by atoms with van der Waals surface area (Å²) in [6.07, 6.45) is 3.34. The standard InChI is InChI=1S/C8H7ClN4S.ClH/c9-4-6-5-14-8(12-6)13-7-10-2-1-3-11-7;/h1-3,5H,4H2,(H,10,11,12,13);1H. The highest BCUT2D eigenvalue weighted by molar-refractivity contribution is 7.13. The molecule has 0 saturated carbocycles. The van der Waals surface area contributed by atoms with Crippen molar-refractivity contribution >= 4 is 46.4 Å². The second kappa shape index (κ2) is 5.85. The highest BCUT2D eigenvalue weighted by atomic mass is 35.5. The van der Waals surface area contributed by atoms with Crippen molar-refractivity contribution in [1.82, 2.24) is 15.0 Å². The molecule has 0 fully saturated rings. The lowest BCUT2D eigenvalue weighted by Gasteiger charge is -1.97. The Hall–Kier alpha value is -0.910. The summed E-state index contributed by atoms with van der Waals surface area (Å²) in [6.45, 7) is 0. The van der Waals surface area contributed by atoms with E-state index >= 15 is 0 Å². The number of hydrogen-bond donors (Lipinski definition) is 1. The van der Waals surface area contributed by atoms with Crippen LogP contribution in [0.15, 0.2) is 23.8 Å². The zero-order valence-electron chi connectivity index (χ0n) is 7.55. The SMILES string of the molecule is Cl.ClCc1csc(Nc2ncccn2)n1. The molecule has 0 aliphatic rings. The second-order valence-corrected chi connectivity index (χ2v) is 3.60. The Labute approximate surface area is 102 Å². The first-order chi connectivity index (χ1) is 6.88. The molecule has 2 heterocycles. The zero-order chi connectivity index (χ0) is 9.80. The minimum atomic E-state index is 0. The first-order valence-corrected chi connectivity index (χ1v) is 5.34. The average Bonchev–Trinajstić information content (AvgIpc) is 2.67. The van der Waals surface area contributed by atoms with E-state index in [-0.39, 0.29) is 12.4 Å². The minimum absolute atomic E-state index is 0. The van der Waals surface area contributed by atoms with E-state index < -0.39 is 0 Å². The minimum Gasteiger partial charge on any atom is -0.300 e. The van der Waals surface area contributed by atoms with Crippen molar-refractivity contribution in [3.05, 3.63) is 29.5 Å². The Balaban J connectivity index is 0.00000112. The van der Waals surface area contributed by atoms with Crippen LogP contribution >= 0.6 is 35.3 Å². The second-order valence-electron chi connectivity index (χ2n) is 2.48. The van der Waals surface area contributed by atoms with Gasteiger partial charge in [0.25, 0.3) is 0 Å². The van der Waals surface area contributed by atoms with Crippen molar-refractivity contribution in [2.45, 2.75) is 5.88 Å². The first kappa shape index (κ1) is 12.2. The quantitative estimate of drug-likeness (QED) is 0.865. The third-order valence-corrected chi connectivity index (χ3v) is 2.55. The molecular formula is C8H8Cl2N4S. The number of hydrogen-bond acceptors (Lipinski definition) is 5. The number of nitrogens with one attached hydrogen (secondary N) is 1. The molecular weight excluding hydrogens is 255 g/mol. The van der Waals surface area contributed by atoms with Crippen molar-refractivity contribution < 1.29 is 0 Å². The third kappa shape index (κ3) is 3.30. The molecule has 0 amide bonds. The van der Waals surface area contributed by atoms with Gasteiger partial charge in [0.2, 0.25) is 5.95 Å². The Kier molecular flexibility index (Phi) is 4.74. The summed E-state index contributed by atoms with van der Waals surface area (Å²) < 4.78 is 0. The van der Waals surface area contributed by atoms with Crippen LogP contribution in [0.2, 0.25) is 0 Å². The third-order valence-electron chi connectivity index (χ3n) is 1.47. The molecule has 0 saturated heterocycles. The van der Waals surface area contributed by atoms with Crippen LogP contribution < -0.4 is 5.32 Å². The number of anilines is 2. The molecule has 0 unspecified atom stereocenters. The molecule has 0 aliphatic heterocycles. The summed E-state index contributed by atoms with van der Waals surface area (Å²) in [6, 6.07) is 1.76. The van der Waals surface area contributed by atoms with Gasteiger partial charge < -0.3 is 5.32 Å². The molecule has 0 radical (unpaired) electrons. The van der Waals surface area contributed by atoms with Crippen molar-refractivity contribution in [2.75, 3.05) is 5.32 Å². The van der Waals surface area contributed by atoms with Gasteiger partial charge in [-0.3, -0.25) is 0 Å². The molecule has 2 rings (SSSR count). The van der Waals surface area contributed by atoms with Gasteiger partial charge in [0, 0.05) is 17.8 Å². The van der Waals surface area contributed by atoms with Crippen molar-refractivity contribution in [3.8, 4) is 0 Å². The van der Waals surface area contributed by atoms with Crippen molar-refractivity contribution in [1.29, 1.82) is 0 Å². The van der Waals surface area contributed by atoms with Crippen molar-refractivity contribution in [3.63, 3.8) is 0 Å². The summed E-state index contributed by atoms with van der Waals surface area (Å²) in [5, 5.41) is 5.64. The van der Waals surface area contributed by atoms with Gasteiger partial charge in [-0.25, -0.2) is 15.0 Å². The molecule has 0 aliphatic carbocycles. The molecule has 1 N–H and O–H groups in total. The molecule has 2 aromatic rings. The monoisotopic (exact) mass is 262 g/mol. The number of thiazole rings is 1. The van der Waals surface area contributed by atoms with Crippen LogP contribution in [-0.4, -0.2) is 15.0 Å². The van der Waals surface area contributed by atoms with Crippen LogP contribution in [0.3, 0.4) is 0 Å². The normalized spacial score (nSPS) is 9.40. The Bertz CT molecular complexity index is 406. The lowest BCUT2D eigenvalue weighted by Crippen LogP contribution is -1.94. The highest BCUT2D eigenvalue weighted by Crippen LogP contribution is 2.18. The van der Waals surface area contributed by atoms with Crippen LogP contribution in [0, 0.1) is 0 Å². The summed E-state index contributed by atoms with van der Waals surface area (Å²) >= 11 is 7.11. The van der Waals surface area contributed by atoms with E-state index in [9.17, 15) is 0 Å². The fraction of sp³-hybridized carbons (Fsp3) is 0.125. The number of rotatable bonds is 3. The fourth-order valence-corrected chi connectivity index (χ4v) is 1.82. The predicted molar refractivity (Wildman–Crippen MR) is 64.2 cm³/mol.